The van der Waals surface area contributed by atoms with E-state index in [1.165, 1.54) is 0 Å². The number of fused-ring (bicyclic) bond motifs is 1. The third kappa shape index (κ3) is 1.90. The zero-order chi connectivity index (χ0) is 12.4. The van der Waals surface area contributed by atoms with Crippen molar-refractivity contribution in [1.82, 2.24) is 0 Å². The molecule has 0 saturated heterocycles. The third-order valence-electron chi connectivity index (χ3n) is 2.88. The van der Waals surface area contributed by atoms with E-state index < -0.39 is 0 Å². The summed E-state index contributed by atoms with van der Waals surface area (Å²) in [7, 11) is 3.22. The summed E-state index contributed by atoms with van der Waals surface area (Å²) in [5, 5.41) is 8.84. The summed E-state index contributed by atoms with van der Waals surface area (Å²) in [6.45, 7) is 3.73. The Morgan fingerprint density at radius 1 is 1.29 bits per heavy atom. The lowest BCUT2D eigenvalue weighted by Gasteiger charge is -2.09. The summed E-state index contributed by atoms with van der Waals surface area (Å²) in [6.07, 6.45) is 2.70. The standard InChI is InChI=1S/C14H13NO2/c1-9(8-15)10-4-11-6-13(16-2)14(17-3)7-12(11)5-10/h4,6-7H,1,5H2,2-3H3. The van der Waals surface area contributed by atoms with Crippen LogP contribution in [0, 0.1) is 11.3 Å². The molecular weight excluding hydrogens is 214 g/mol. The lowest BCUT2D eigenvalue weighted by Crippen LogP contribution is -1.93. The first kappa shape index (κ1) is 11.3. The highest BCUT2D eigenvalue weighted by Crippen LogP contribution is 2.37. The Kier molecular flexibility index (Phi) is 2.88. The summed E-state index contributed by atoms with van der Waals surface area (Å²) in [4.78, 5) is 0. The minimum absolute atomic E-state index is 0.513. The van der Waals surface area contributed by atoms with Crippen LogP contribution in [0.25, 0.3) is 6.08 Å². The van der Waals surface area contributed by atoms with Gasteiger partial charge in [0, 0.05) is 5.57 Å². The van der Waals surface area contributed by atoms with E-state index in [4.69, 9.17) is 14.7 Å². The van der Waals surface area contributed by atoms with Crippen molar-refractivity contribution in [3.63, 3.8) is 0 Å². The second-order valence-corrected chi connectivity index (χ2v) is 3.84. The van der Waals surface area contributed by atoms with Gasteiger partial charge in [0.1, 0.15) is 0 Å². The van der Waals surface area contributed by atoms with Crippen molar-refractivity contribution < 1.29 is 9.47 Å². The number of hydrogen-bond acceptors (Lipinski definition) is 3. The largest absolute Gasteiger partial charge is 0.493 e. The van der Waals surface area contributed by atoms with Gasteiger partial charge >= 0.3 is 0 Å². The molecule has 0 amide bonds. The second-order valence-electron chi connectivity index (χ2n) is 3.84. The van der Waals surface area contributed by atoms with Crippen LogP contribution in [0.5, 0.6) is 11.5 Å². The van der Waals surface area contributed by atoms with Gasteiger partial charge < -0.3 is 9.47 Å². The molecular formula is C14H13NO2. The highest BCUT2D eigenvalue weighted by atomic mass is 16.5. The quantitative estimate of drug-likeness (QED) is 0.745. The molecule has 0 aliphatic heterocycles. The molecule has 0 aromatic heterocycles. The van der Waals surface area contributed by atoms with Gasteiger partial charge in [0.05, 0.1) is 20.3 Å². The van der Waals surface area contributed by atoms with E-state index in [-0.39, 0.29) is 0 Å². The smallest absolute Gasteiger partial charge is 0.161 e. The topological polar surface area (TPSA) is 42.2 Å². The van der Waals surface area contributed by atoms with Gasteiger partial charge in [0.15, 0.2) is 11.5 Å². The molecule has 0 N–H and O–H groups in total. The van der Waals surface area contributed by atoms with Gasteiger partial charge in [0.25, 0.3) is 0 Å². The first-order valence-corrected chi connectivity index (χ1v) is 5.24. The van der Waals surface area contributed by atoms with Crippen LogP contribution >= 0.6 is 0 Å². The van der Waals surface area contributed by atoms with Crippen LogP contribution in [-0.2, 0) is 6.42 Å². The van der Waals surface area contributed by atoms with Crippen molar-refractivity contribution in [2.75, 3.05) is 14.2 Å². The number of methoxy groups -OCH3 is 2. The Labute approximate surface area is 101 Å². The fourth-order valence-corrected chi connectivity index (χ4v) is 1.93. The van der Waals surface area contributed by atoms with E-state index >= 15 is 0 Å². The first-order chi connectivity index (χ1) is 8.19. The second kappa shape index (κ2) is 4.34. The Balaban J connectivity index is 2.42. The normalized spacial score (nSPS) is 12.4. The van der Waals surface area contributed by atoms with Crippen LogP contribution in [0.4, 0.5) is 0 Å². The molecule has 2 rings (SSSR count). The van der Waals surface area contributed by atoms with E-state index in [0.29, 0.717) is 17.1 Å². The zero-order valence-electron chi connectivity index (χ0n) is 9.91. The fourth-order valence-electron chi connectivity index (χ4n) is 1.93. The minimum atomic E-state index is 0.513. The molecule has 0 heterocycles. The molecule has 1 aliphatic carbocycles. The van der Waals surface area contributed by atoms with Crippen LogP contribution in [0.1, 0.15) is 11.1 Å². The van der Waals surface area contributed by atoms with Gasteiger partial charge in [-0.05, 0) is 41.3 Å². The molecule has 17 heavy (non-hydrogen) atoms. The molecule has 1 aromatic rings. The monoisotopic (exact) mass is 227 g/mol. The van der Waals surface area contributed by atoms with Crippen LogP contribution in [-0.4, -0.2) is 14.2 Å². The number of rotatable bonds is 3. The molecule has 86 valence electrons. The lowest BCUT2D eigenvalue weighted by atomic mass is 10.1. The molecule has 0 fully saturated rings. The van der Waals surface area contributed by atoms with Crippen LogP contribution in [0.2, 0.25) is 0 Å². The summed E-state index contributed by atoms with van der Waals surface area (Å²) in [5.41, 5.74) is 3.67. The minimum Gasteiger partial charge on any atom is -0.493 e. The molecule has 0 radical (unpaired) electrons. The number of ether oxygens (including phenoxy) is 2. The SMILES string of the molecule is C=C(C#N)C1=Cc2cc(OC)c(OC)cc2C1. The Morgan fingerprint density at radius 3 is 2.53 bits per heavy atom. The van der Waals surface area contributed by atoms with Gasteiger partial charge in [0.2, 0.25) is 0 Å². The predicted octanol–water partition coefficient (Wildman–Crippen LogP) is 2.72. The maximum Gasteiger partial charge on any atom is 0.161 e. The number of allylic oxidation sites excluding steroid dienone is 2. The lowest BCUT2D eigenvalue weighted by molar-refractivity contribution is 0.354. The van der Waals surface area contributed by atoms with E-state index in [1.807, 2.05) is 18.2 Å². The molecule has 1 aromatic carbocycles. The average Bonchev–Trinajstić information content (AvgIpc) is 2.78. The van der Waals surface area contributed by atoms with Crippen molar-refractivity contribution in [1.29, 1.82) is 5.26 Å². The van der Waals surface area contributed by atoms with Crippen molar-refractivity contribution >= 4 is 6.08 Å². The van der Waals surface area contributed by atoms with Gasteiger partial charge in [-0.15, -0.1) is 0 Å². The van der Waals surface area contributed by atoms with Crippen molar-refractivity contribution in [3.05, 3.63) is 41.0 Å². The van der Waals surface area contributed by atoms with Crippen molar-refractivity contribution in [2.24, 2.45) is 0 Å². The predicted molar refractivity (Wildman–Crippen MR) is 66.0 cm³/mol. The van der Waals surface area contributed by atoms with E-state index in [2.05, 4.69) is 12.6 Å². The highest BCUT2D eigenvalue weighted by Gasteiger charge is 2.18. The summed E-state index contributed by atoms with van der Waals surface area (Å²) in [6, 6.07) is 5.94. The fraction of sp³-hybridized carbons (Fsp3) is 0.214. The van der Waals surface area contributed by atoms with Gasteiger partial charge in [-0.3, -0.25) is 0 Å². The molecule has 0 spiro atoms. The Morgan fingerprint density at radius 2 is 1.94 bits per heavy atom. The van der Waals surface area contributed by atoms with Crippen LogP contribution < -0.4 is 9.47 Å². The summed E-state index contributed by atoms with van der Waals surface area (Å²) >= 11 is 0. The van der Waals surface area contributed by atoms with Gasteiger partial charge in [-0.2, -0.15) is 5.26 Å². The molecule has 0 atom stereocenters. The molecule has 1 aliphatic rings. The average molecular weight is 227 g/mol. The molecule has 0 bridgehead atoms. The molecule has 0 saturated carbocycles. The van der Waals surface area contributed by atoms with Gasteiger partial charge in [-0.1, -0.05) is 6.58 Å². The number of hydrogen-bond donors (Lipinski definition) is 0. The Bertz CT molecular complexity index is 550. The molecule has 0 unspecified atom stereocenters. The maximum atomic E-state index is 8.84. The van der Waals surface area contributed by atoms with Crippen molar-refractivity contribution in [2.45, 2.75) is 6.42 Å². The van der Waals surface area contributed by atoms with E-state index in [0.717, 1.165) is 23.1 Å². The summed E-state index contributed by atoms with van der Waals surface area (Å²) < 4.78 is 10.5. The Hall–Kier alpha value is -2.21. The molecule has 3 heteroatoms. The van der Waals surface area contributed by atoms with Crippen LogP contribution in [0.3, 0.4) is 0 Å². The number of nitriles is 1. The maximum absolute atomic E-state index is 8.84. The van der Waals surface area contributed by atoms with Gasteiger partial charge in [-0.25, -0.2) is 0 Å². The zero-order valence-corrected chi connectivity index (χ0v) is 9.91. The van der Waals surface area contributed by atoms with E-state index in [1.54, 1.807) is 14.2 Å². The van der Waals surface area contributed by atoms with E-state index in [9.17, 15) is 0 Å². The number of nitrogens with zero attached hydrogens (tertiary/aromatic N) is 1. The summed E-state index contributed by atoms with van der Waals surface area (Å²) in [5.74, 6) is 1.41. The third-order valence-corrected chi connectivity index (χ3v) is 2.88. The van der Waals surface area contributed by atoms with Crippen molar-refractivity contribution in [3.8, 4) is 17.6 Å². The molecule has 3 nitrogen and oxygen atoms in total. The first-order valence-electron chi connectivity index (χ1n) is 5.24. The number of benzene rings is 1. The highest BCUT2D eigenvalue weighted by molar-refractivity contribution is 5.72. The van der Waals surface area contributed by atoms with Crippen LogP contribution in [0.15, 0.2) is 29.9 Å².